The Morgan fingerprint density at radius 1 is 1.32 bits per heavy atom. The molecule has 8 heteroatoms. The Kier molecular flexibility index (Phi) is 3.72. The maximum atomic E-state index is 12.1. The lowest BCUT2D eigenvalue weighted by molar-refractivity contribution is 0.249. The molecule has 1 unspecified atom stereocenters. The van der Waals surface area contributed by atoms with E-state index in [0.29, 0.717) is 9.88 Å². The lowest BCUT2D eigenvalue weighted by Crippen LogP contribution is -2.29. The summed E-state index contributed by atoms with van der Waals surface area (Å²) in [7, 11) is 0. The normalized spacial score (nSPS) is 16.5. The molecule has 1 aromatic heterocycles. The summed E-state index contributed by atoms with van der Waals surface area (Å²) in [6, 6.07) is 12.8. The first-order valence-corrected chi connectivity index (χ1v) is 7.52. The smallest absolute Gasteiger partial charge is 0.277 e. The highest BCUT2D eigenvalue weighted by molar-refractivity contribution is 8.24. The number of para-hydroxylation sites is 1. The summed E-state index contributed by atoms with van der Waals surface area (Å²) >= 11 is 6.27. The summed E-state index contributed by atoms with van der Waals surface area (Å²) in [6.07, 6.45) is 0. The molecule has 1 aromatic carbocycles. The zero-order valence-electron chi connectivity index (χ0n) is 11.0. The summed E-state index contributed by atoms with van der Waals surface area (Å²) in [6.45, 7) is 0. The molecule has 0 saturated carbocycles. The van der Waals surface area contributed by atoms with Crippen LogP contribution >= 0.6 is 24.0 Å². The van der Waals surface area contributed by atoms with Crippen LogP contribution in [0.2, 0.25) is 0 Å². The van der Waals surface area contributed by atoms with Gasteiger partial charge in [0.1, 0.15) is 5.56 Å². The van der Waals surface area contributed by atoms with Gasteiger partial charge in [0.2, 0.25) is 5.88 Å². The molecule has 0 amide bonds. The van der Waals surface area contributed by atoms with Crippen LogP contribution in [-0.2, 0) is 0 Å². The second kappa shape index (κ2) is 5.68. The number of H-pyrrole nitrogens is 1. The van der Waals surface area contributed by atoms with Crippen LogP contribution in [0.25, 0.3) is 5.69 Å². The lowest BCUT2D eigenvalue weighted by Gasteiger charge is -2.24. The van der Waals surface area contributed by atoms with Crippen LogP contribution in [0.1, 0.15) is 5.56 Å². The molecule has 1 atom stereocenters. The van der Waals surface area contributed by atoms with E-state index in [1.165, 1.54) is 4.68 Å². The van der Waals surface area contributed by atoms with Crippen LogP contribution in [0.15, 0.2) is 35.1 Å². The van der Waals surface area contributed by atoms with E-state index in [4.69, 9.17) is 27.5 Å². The highest BCUT2D eigenvalue weighted by atomic mass is 32.2. The molecule has 0 fully saturated rings. The predicted molar refractivity (Wildman–Crippen MR) is 84.8 cm³/mol. The third kappa shape index (κ3) is 2.29. The summed E-state index contributed by atoms with van der Waals surface area (Å²) in [4.78, 5) is 12.1. The highest BCUT2D eigenvalue weighted by Gasteiger charge is 2.36. The van der Waals surface area contributed by atoms with Crippen molar-refractivity contribution in [1.29, 1.82) is 10.5 Å². The molecule has 0 saturated heterocycles. The maximum Gasteiger partial charge on any atom is 0.277 e. The van der Waals surface area contributed by atoms with Crippen molar-refractivity contribution in [2.75, 3.05) is 0 Å². The first-order valence-electron chi connectivity index (χ1n) is 6.23. The Morgan fingerprint density at radius 3 is 2.64 bits per heavy atom. The Bertz CT molecular complexity index is 859. The molecule has 1 aliphatic rings. The van der Waals surface area contributed by atoms with Crippen LogP contribution in [-0.4, -0.2) is 19.4 Å². The van der Waals surface area contributed by atoms with Crippen LogP contribution in [0, 0.1) is 28.6 Å². The summed E-state index contributed by atoms with van der Waals surface area (Å²) in [5, 5.41) is 20.7. The molecular weight excluding hydrogens is 320 g/mol. The minimum atomic E-state index is -0.981. The van der Waals surface area contributed by atoms with Gasteiger partial charge in [-0.2, -0.15) is 10.5 Å². The SMILES string of the molecule is N#CC(C#N)C1Oc2c(c(=O)[nH]n2-c2ccccc2)C(=S)S1. The fourth-order valence-electron chi connectivity index (χ4n) is 2.05. The van der Waals surface area contributed by atoms with E-state index in [1.807, 2.05) is 30.3 Å². The second-order valence-corrected chi connectivity index (χ2v) is 6.19. The first-order chi connectivity index (χ1) is 10.7. The van der Waals surface area contributed by atoms with Gasteiger partial charge in [0, 0.05) is 0 Å². The standard InChI is InChI=1S/C14H8N4O2S2/c15-6-8(7-16)13-20-12-10(14(21)22-13)11(19)17-18(12)9-4-2-1-3-5-9/h1-5,8,13H,(H,17,19). The molecule has 0 aliphatic carbocycles. The molecule has 1 aliphatic heterocycles. The second-order valence-electron chi connectivity index (χ2n) is 4.42. The van der Waals surface area contributed by atoms with Gasteiger partial charge in [0.25, 0.3) is 5.56 Å². The van der Waals surface area contributed by atoms with Crippen molar-refractivity contribution in [3.63, 3.8) is 0 Å². The van der Waals surface area contributed by atoms with Crippen molar-refractivity contribution < 1.29 is 4.74 Å². The molecular formula is C14H8N4O2S2. The van der Waals surface area contributed by atoms with Gasteiger partial charge in [-0.25, -0.2) is 4.68 Å². The van der Waals surface area contributed by atoms with Crippen molar-refractivity contribution in [3.05, 3.63) is 46.2 Å². The average molecular weight is 328 g/mol. The molecule has 0 spiro atoms. The minimum Gasteiger partial charge on any atom is -0.460 e. The van der Waals surface area contributed by atoms with Crippen LogP contribution in [0.3, 0.4) is 0 Å². The number of nitrogens with zero attached hydrogens (tertiary/aromatic N) is 3. The van der Waals surface area contributed by atoms with E-state index >= 15 is 0 Å². The van der Waals surface area contributed by atoms with E-state index in [0.717, 1.165) is 11.8 Å². The first kappa shape index (κ1) is 14.4. The Hall–Kier alpha value is -2.55. The quantitative estimate of drug-likeness (QED) is 0.847. The third-order valence-corrected chi connectivity index (χ3v) is 4.59. The topological polar surface area (TPSA) is 94.6 Å². The number of thiocarbonyl (C=S) groups is 1. The minimum absolute atomic E-state index is 0.237. The number of ether oxygens (including phenoxy) is 1. The number of aromatic amines is 1. The number of hydrogen-bond acceptors (Lipinski definition) is 6. The zero-order chi connectivity index (χ0) is 15.7. The number of hydrogen-bond donors (Lipinski definition) is 1. The monoisotopic (exact) mass is 328 g/mol. The molecule has 1 N–H and O–H groups in total. The van der Waals surface area contributed by atoms with Crippen molar-refractivity contribution in [2.24, 2.45) is 5.92 Å². The number of fused-ring (bicyclic) bond motifs is 1. The molecule has 108 valence electrons. The van der Waals surface area contributed by atoms with Gasteiger partial charge in [-0.3, -0.25) is 9.89 Å². The molecule has 6 nitrogen and oxygen atoms in total. The van der Waals surface area contributed by atoms with E-state index in [2.05, 4.69) is 5.10 Å². The fourth-order valence-corrected chi connectivity index (χ4v) is 3.42. The average Bonchev–Trinajstić information content (AvgIpc) is 2.87. The Labute approximate surface area is 134 Å². The van der Waals surface area contributed by atoms with Gasteiger partial charge in [0.15, 0.2) is 11.4 Å². The van der Waals surface area contributed by atoms with Gasteiger partial charge < -0.3 is 4.74 Å². The number of thioether (sulfide) groups is 1. The number of aromatic nitrogens is 2. The van der Waals surface area contributed by atoms with Gasteiger partial charge in [-0.1, -0.05) is 42.2 Å². The van der Waals surface area contributed by atoms with Crippen LogP contribution in [0.5, 0.6) is 5.88 Å². The van der Waals surface area contributed by atoms with E-state index in [-0.39, 0.29) is 17.0 Å². The Balaban J connectivity index is 2.12. The van der Waals surface area contributed by atoms with Gasteiger partial charge in [0.05, 0.1) is 22.0 Å². The molecule has 0 bridgehead atoms. The zero-order valence-corrected chi connectivity index (χ0v) is 12.6. The van der Waals surface area contributed by atoms with Gasteiger partial charge in [-0.05, 0) is 12.1 Å². The third-order valence-electron chi connectivity index (χ3n) is 3.08. The van der Waals surface area contributed by atoms with Crippen molar-refractivity contribution in [1.82, 2.24) is 9.78 Å². The Morgan fingerprint density at radius 2 is 2.00 bits per heavy atom. The number of rotatable bonds is 2. The van der Waals surface area contributed by atoms with Gasteiger partial charge >= 0.3 is 0 Å². The predicted octanol–water partition coefficient (Wildman–Crippen LogP) is 1.96. The van der Waals surface area contributed by atoms with Crippen molar-refractivity contribution in [3.8, 4) is 23.7 Å². The molecule has 0 radical (unpaired) electrons. The summed E-state index contributed by atoms with van der Waals surface area (Å²) in [5.41, 5.74) is -0.171. The molecule has 3 rings (SSSR count). The molecule has 22 heavy (non-hydrogen) atoms. The van der Waals surface area contributed by atoms with Crippen molar-refractivity contribution in [2.45, 2.75) is 5.44 Å². The number of benzene rings is 1. The van der Waals surface area contributed by atoms with Crippen LogP contribution in [0.4, 0.5) is 0 Å². The number of nitrogens with one attached hydrogen (secondary N) is 1. The van der Waals surface area contributed by atoms with Gasteiger partial charge in [-0.15, -0.1) is 0 Å². The summed E-state index contributed by atoms with van der Waals surface area (Å²) < 4.78 is 7.51. The maximum absolute atomic E-state index is 12.1. The largest absolute Gasteiger partial charge is 0.460 e. The van der Waals surface area contributed by atoms with Crippen molar-refractivity contribution >= 4 is 28.2 Å². The van der Waals surface area contributed by atoms with E-state index in [1.54, 1.807) is 12.1 Å². The highest BCUT2D eigenvalue weighted by Crippen LogP contribution is 2.36. The van der Waals surface area contributed by atoms with E-state index in [9.17, 15) is 4.79 Å². The lowest BCUT2D eigenvalue weighted by atomic mass is 10.2. The number of nitriles is 2. The molecule has 2 aromatic rings. The van der Waals surface area contributed by atoms with E-state index < -0.39 is 11.4 Å². The summed E-state index contributed by atoms with van der Waals surface area (Å²) in [5.74, 6) is -0.745. The fraction of sp³-hybridized carbons (Fsp3) is 0.143. The van der Waals surface area contributed by atoms with Crippen LogP contribution < -0.4 is 10.3 Å². The molecule has 2 heterocycles.